The van der Waals surface area contributed by atoms with Crippen LogP contribution in [0.3, 0.4) is 0 Å². The van der Waals surface area contributed by atoms with Crippen molar-refractivity contribution in [3.8, 4) is 0 Å². The highest BCUT2D eigenvalue weighted by Gasteiger charge is 2.28. The Morgan fingerprint density at radius 2 is 1.92 bits per heavy atom. The number of benzene rings is 1. The molecule has 1 fully saturated rings. The smallest absolute Gasteiger partial charge is 0.305 e. The number of hydrogen-bond acceptors (Lipinski definition) is 5. The lowest BCUT2D eigenvalue weighted by Crippen LogP contribution is -2.54. The molecule has 0 spiro atoms. The zero-order chi connectivity index (χ0) is 19.1. The van der Waals surface area contributed by atoms with Crippen LogP contribution in [0, 0.1) is 0 Å². The molecule has 2 N–H and O–H groups in total. The number of rotatable bonds is 6. The molecular weight excluding hydrogens is 381 g/mol. The van der Waals surface area contributed by atoms with Gasteiger partial charge in [0.2, 0.25) is 5.91 Å². The summed E-state index contributed by atoms with van der Waals surface area (Å²) in [6.45, 7) is 2.48. The van der Waals surface area contributed by atoms with Crippen molar-refractivity contribution < 1.29 is 19.1 Å². The van der Waals surface area contributed by atoms with Crippen LogP contribution >= 0.6 is 23.2 Å². The molecule has 0 saturated carbocycles. The van der Waals surface area contributed by atoms with Gasteiger partial charge in [0.1, 0.15) is 6.04 Å². The predicted molar refractivity (Wildman–Crippen MR) is 98.4 cm³/mol. The van der Waals surface area contributed by atoms with Crippen molar-refractivity contribution in [3.63, 3.8) is 0 Å². The van der Waals surface area contributed by atoms with Crippen LogP contribution in [0.15, 0.2) is 18.2 Å². The van der Waals surface area contributed by atoms with E-state index >= 15 is 0 Å². The molecule has 0 unspecified atom stereocenters. The van der Waals surface area contributed by atoms with E-state index < -0.39 is 17.9 Å². The van der Waals surface area contributed by atoms with E-state index in [0.717, 1.165) is 0 Å². The number of carbonyl (C=O) groups excluding carboxylic acids is 3. The third-order valence-corrected chi connectivity index (χ3v) is 4.82. The predicted octanol–water partition coefficient (Wildman–Crippen LogP) is 1.48. The second kappa shape index (κ2) is 9.75. The topological polar surface area (TPSA) is 87.7 Å². The fourth-order valence-corrected chi connectivity index (χ4v) is 2.90. The highest BCUT2D eigenvalue weighted by molar-refractivity contribution is 6.42. The fourth-order valence-electron chi connectivity index (χ4n) is 2.61. The number of piperazine rings is 1. The van der Waals surface area contributed by atoms with Crippen LogP contribution in [-0.4, -0.2) is 62.0 Å². The molecule has 1 saturated heterocycles. The third kappa shape index (κ3) is 5.59. The van der Waals surface area contributed by atoms with E-state index in [4.69, 9.17) is 23.2 Å². The zero-order valence-corrected chi connectivity index (χ0v) is 15.9. The number of hydrogen-bond donors (Lipinski definition) is 2. The van der Waals surface area contributed by atoms with Crippen LogP contribution in [0.25, 0.3) is 0 Å². The SMILES string of the molecule is COC(=O)CC[C@H](NC(=O)c1ccc(Cl)c(Cl)c1)C(=O)N1CCNCC1. The molecule has 1 aromatic carbocycles. The fraction of sp³-hybridized carbons (Fsp3) is 0.471. The summed E-state index contributed by atoms with van der Waals surface area (Å²) in [5, 5.41) is 6.44. The van der Waals surface area contributed by atoms with Gasteiger partial charge in [0, 0.05) is 38.2 Å². The summed E-state index contributed by atoms with van der Waals surface area (Å²) in [5.41, 5.74) is 0.288. The number of amides is 2. The van der Waals surface area contributed by atoms with Crippen LogP contribution in [0.1, 0.15) is 23.2 Å². The number of carbonyl (C=O) groups is 3. The average molecular weight is 402 g/mol. The minimum Gasteiger partial charge on any atom is -0.469 e. The normalized spacial score (nSPS) is 15.3. The Morgan fingerprint density at radius 3 is 2.54 bits per heavy atom. The molecule has 1 aliphatic rings. The maximum Gasteiger partial charge on any atom is 0.305 e. The van der Waals surface area contributed by atoms with Gasteiger partial charge in [0.05, 0.1) is 17.2 Å². The first-order chi connectivity index (χ1) is 12.4. The third-order valence-electron chi connectivity index (χ3n) is 4.08. The first-order valence-corrected chi connectivity index (χ1v) is 9.00. The van der Waals surface area contributed by atoms with Crippen molar-refractivity contribution in [1.29, 1.82) is 0 Å². The monoisotopic (exact) mass is 401 g/mol. The first kappa shape index (κ1) is 20.5. The largest absolute Gasteiger partial charge is 0.469 e. The van der Waals surface area contributed by atoms with Gasteiger partial charge < -0.3 is 20.3 Å². The summed E-state index contributed by atoms with van der Waals surface area (Å²) in [6.07, 6.45) is 0.184. The van der Waals surface area contributed by atoms with Crippen molar-refractivity contribution in [2.45, 2.75) is 18.9 Å². The maximum atomic E-state index is 12.8. The van der Waals surface area contributed by atoms with Crippen LogP contribution in [0.5, 0.6) is 0 Å². The summed E-state index contributed by atoms with van der Waals surface area (Å²) >= 11 is 11.8. The van der Waals surface area contributed by atoms with Crippen molar-refractivity contribution in [3.05, 3.63) is 33.8 Å². The lowest BCUT2D eigenvalue weighted by molar-refractivity contribution is -0.141. The molecule has 26 heavy (non-hydrogen) atoms. The number of esters is 1. The number of ether oxygens (including phenoxy) is 1. The van der Waals surface area contributed by atoms with E-state index in [2.05, 4.69) is 15.4 Å². The van der Waals surface area contributed by atoms with Crippen LogP contribution in [0.4, 0.5) is 0 Å². The van der Waals surface area contributed by atoms with Crippen molar-refractivity contribution in [2.24, 2.45) is 0 Å². The second-order valence-electron chi connectivity index (χ2n) is 5.85. The Bertz CT molecular complexity index is 678. The Morgan fingerprint density at radius 1 is 1.23 bits per heavy atom. The number of halogens is 2. The summed E-state index contributed by atoms with van der Waals surface area (Å²) in [4.78, 5) is 38.4. The molecule has 1 aromatic rings. The van der Waals surface area contributed by atoms with E-state index in [1.54, 1.807) is 4.90 Å². The van der Waals surface area contributed by atoms with Crippen LogP contribution < -0.4 is 10.6 Å². The van der Waals surface area contributed by atoms with Crippen LogP contribution in [-0.2, 0) is 14.3 Å². The molecule has 1 heterocycles. The van der Waals surface area contributed by atoms with Gasteiger partial charge in [-0.1, -0.05) is 23.2 Å². The standard InChI is InChI=1S/C17H21Cl2N3O4/c1-26-15(23)5-4-14(17(25)22-8-6-20-7-9-22)21-16(24)11-2-3-12(18)13(19)10-11/h2-3,10,14,20H,4-9H2,1H3,(H,21,24)/t14-/m0/s1. The highest BCUT2D eigenvalue weighted by Crippen LogP contribution is 2.22. The first-order valence-electron chi connectivity index (χ1n) is 8.24. The molecule has 1 atom stereocenters. The van der Waals surface area contributed by atoms with E-state index in [1.807, 2.05) is 0 Å². The summed E-state index contributed by atoms with van der Waals surface area (Å²) in [7, 11) is 1.28. The Kier molecular flexibility index (Phi) is 7.68. The molecular formula is C17H21Cl2N3O4. The lowest BCUT2D eigenvalue weighted by Gasteiger charge is -2.31. The quantitative estimate of drug-likeness (QED) is 0.704. The van der Waals surface area contributed by atoms with Gasteiger partial charge in [-0.3, -0.25) is 14.4 Å². The van der Waals surface area contributed by atoms with Crippen molar-refractivity contribution in [2.75, 3.05) is 33.3 Å². The van der Waals surface area contributed by atoms with Gasteiger partial charge in [-0.05, 0) is 24.6 Å². The molecule has 2 rings (SSSR count). The summed E-state index contributed by atoms with van der Waals surface area (Å²) in [6, 6.07) is 3.65. The molecule has 0 aliphatic carbocycles. The number of nitrogens with one attached hydrogen (secondary N) is 2. The molecule has 0 aromatic heterocycles. The Labute approximate surface area is 162 Å². The minimum absolute atomic E-state index is 0.0284. The summed E-state index contributed by atoms with van der Waals surface area (Å²) in [5.74, 6) is -1.11. The second-order valence-corrected chi connectivity index (χ2v) is 6.66. The minimum atomic E-state index is -0.825. The zero-order valence-electron chi connectivity index (χ0n) is 14.4. The van der Waals surface area contributed by atoms with Gasteiger partial charge >= 0.3 is 5.97 Å². The maximum absolute atomic E-state index is 12.8. The molecule has 0 radical (unpaired) electrons. The van der Waals surface area contributed by atoms with E-state index in [-0.39, 0.29) is 29.3 Å². The molecule has 7 nitrogen and oxygen atoms in total. The average Bonchev–Trinajstić information content (AvgIpc) is 2.66. The van der Waals surface area contributed by atoms with Crippen molar-refractivity contribution in [1.82, 2.24) is 15.5 Å². The van der Waals surface area contributed by atoms with Gasteiger partial charge in [0.15, 0.2) is 0 Å². The van der Waals surface area contributed by atoms with E-state index in [1.165, 1.54) is 25.3 Å². The van der Waals surface area contributed by atoms with Gasteiger partial charge in [-0.25, -0.2) is 0 Å². The van der Waals surface area contributed by atoms with Crippen molar-refractivity contribution >= 4 is 41.0 Å². The van der Waals surface area contributed by atoms with Crippen LogP contribution in [0.2, 0.25) is 10.0 Å². The molecule has 2 amide bonds. The Balaban J connectivity index is 2.10. The molecule has 142 valence electrons. The highest BCUT2D eigenvalue weighted by atomic mass is 35.5. The van der Waals surface area contributed by atoms with Gasteiger partial charge in [-0.15, -0.1) is 0 Å². The lowest BCUT2D eigenvalue weighted by atomic mass is 10.1. The van der Waals surface area contributed by atoms with E-state index in [0.29, 0.717) is 31.2 Å². The number of nitrogens with zero attached hydrogens (tertiary/aromatic N) is 1. The van der Waals surface area contributed by atoms with Gasteiger partial charge in [0.25, 0.3) is 5.91 Å². The molecule has 9 heteroatoms. The molecule has 0 bridgehead atoms. The molecule has 1 aliphatic heterocycles. The van der Waals surface area contributed by atoms with E-state index in [9.17, 15) is 14.4 Å². The Hall–Kier alpha value is -1.83. The summed E-state index contributed by atoms with van der Waals surface area (Å²) < 4.78 is 4.63. The van der Waals surface area contributed by atoms with Gasteiger partial charge in [-0.2, -0.15) is 0 Å². The number of methoxy groups -OCH3 is 1.